The first-order chi connectivity index (χ1) is 9.60. The van der Waals surface area contributed by atoms with Crippen molar-refractivity contribution in [3.05, 3.63) is 65.2 Å². The predicted octanol–water partition coefficient (Wildman–Crippen LogP) is 3.54. The van der Waals surface area contributed by atoms with Gasteiger partial charge in [-0.25, -0.2) is 0 Å². The number of rotatable bonds is 5. The smallest absolute Gasteiger partial charge is 0.247 e. The van der Waals surface area contributed by atoms with E-state index in [2.05, 4.69) is 5.32 Å². The van der Waals surface area contributed by atoms with Crippen molar-refractivity contribution in [1.82, 2.24) is 0 Å². The van der Waals surface area contributed by atoms with Crippen LogP contribution in [0.1, 0.15) is 18.9 Å². The average molecular weight is 289 g/mol. The number of hydrogen-bond donors (Lipinski definition) is 2. The van der Waals surface area contributed by atoms with Gasteiger partial charge in [-0.3, -0.25) is 4.79 Å². The largest absolute Gasteiger partial charge is 0.367 e. The minimum absolute atomic E-state index is 0.425. The van der Waals surface area contributed by atoms with Crippen molar-refractivity contribution in [2.24, 2.45) is 5.73 Å². The van der Waals surface area contributed by atoms with Crippen LogP contribution in [0.5, 0.6) is 0 Å². The summed E-state index contributed by atoms with van der Waals surface area (Å²) in [6.45, 7) is 1.92. The summed E-state index contributed by atoms with van der Waals surface area (Å²) in [4.78, 5) is 12.1. The van der Waals surface area contributed by atoms with Crippen LogP contribution in [0, 0.1) is 0 Å². The monoisotopic (exact) mass is 288 g/mol. The first kappa shape index (κ1) is 14.4. The number of amides is 1. The third-order valence-electron chi connectivity index (χ3n) is 3.44. The lowest BCUT2D eigenvalue weighted by molar-refractivity contribution is -0.122. The summed E-state index contributed by atoms with van der Waals surface area (Å²) in [6, 6.07) is 16.8. The molecule has 0 heterocycles. The second-order valence-electron chi connectivity index (χ2n) is 4.59. The molecule has 1 amide bonds. The van der Waals surface area contributed by atoms with Crippen molar-refractivity contribution in [3.63, 3.8) is 0 Å². The molecule has 0 radical (unpaired) electrons. The van der Waals surface area contributed by atoms with Crippen LogP contribution in [0.15, 0.2) is 54.6 Å². The molecule has 1 atom stereocenters. The summed E-state index contributed by atoms with van der Waals surface area (Å²) in [5.74, 6) is -0.425. The normalized spacial score (nSPS) is 13.5. The highest BCUT2D eigenvalue weighted by molar-refractivity contribution is 6.33. The second-order valence-corrected chi connectivity index (χ2v) is 5.00. The Kier molecular flexibility index (Phi) is 4.30. The molecule has 0 saturated heterocycles. The van der Waals surface area contributed by atoms with Crippen LogP contribution in [0.25, 0.3) is 0 Å². The standard InChI is InChI=1S/C16H17ClN2O/c1-2-16(15(18)20,12-8-4-3-5-9-12)19-14-11-7-6-10-13(14)17/h3-11,19H,2H2,1H3,(H2,18,20). The zero-order chi connectivity index (χ0) is 14.6. The summed E-state index contributed by atoms with van der Waals surface area (Å²) < 4.78 is 0. The predicted molar refractivity (Wildman–Crippen MR) is 82.7 cm³/mol. The highest BCUT2D eigenvalue weighted by Crippen LogP contribution is 2.32. The number of benzene rings is 2. The fourth-order valence-electron chi connectivity index (χ4n) is 2.26. The maximum absolute atomic E-state index is 12.1. The fraction of sp³-hybridized carbons (Fsp3) is 0.188. The Morgan fingerprint density at radius 1 is 1.15 bits per heavy atom. The number of primary amides is 1. The van der Waals surface area contributed by atoms with Crippen LogP contribution < -0.4 is 11.1 Å². The van der Waals surface area contributed by atoms with Crippen molar-refractivity contribution < 1.29 is 4.79 Å². The average Bonchev–Trinajstić information content (AvgIpc) is 2.47. The summed E-state index contributed by atoms with van der Waals surface area (Å²) in [7, 11) is 0. The number of nitrogens with two attached hydrogens (primary N) is 1. The maximum Gasteiger partial charge on any atom is 0.247 e. The molecule has 104 valence electrons. The Labute approximate surface area is 123 Å². The molecule has 0 aromatic heterocycles. The Morgan fingerprint density at radius 2 is 1.75 bits per heavy atom. The molecule has 4 heteroatoms. The van der Waals surface area contributed by atoms with Crippen LogP contribution in [0.4, 0.5) is 5.69 Å². The van der Waals surface area contributed by atoms with Gasteiger partial charge in [0.15, 0.2) is 0 Å². The Hall–Kier alpha value is -2.00. The van der Waals surface area contributed by atoms with Crippen LogP contribution >= 0.6 is 11.6 Å². The van der Waals surface area contributed by atoms with Crippen molar-refractivity contribution in [3.8, 4) is 0 Å². The number of anilines is 1. The molecule has 20 heavy (non-hydrogen) atoms. The lowest BCUT2D eigenvalue weighted by atomic mass is 9.86. The molecule has 0 saturated carbocycles. The molecule has 0 aliphatic carbocycles. The van der Waals surface area contributed by atoms with Gasteiger partial charge in [-0.1, -0.05) is 61.0 Å². The zero-order valence-electron chi connectivity index (χ0n) is 11.3. The van der Waals surface area contributed by atoms with Gasteiger partial charge in [0.25, 0.3) is 0 Å². The molecule has 2 aromatic rings. The summed E-state index contributed by atoms with van der Waals surface area (Å²) in [5.41, 5.74) is 6.22. The number of nitrogens with one attached hydrogen (secondary N) is 1. The van der Waals surface area contributed by atoms with E-state index in [0.29, 0.717) is 17.1 Å². The van der Waals surface area contributed by atoms with Gasteiger partial charge >= 0.3 is 0 Å². The summed E-state index contributed by atoms with van der Waals surface area (Å²) in [6.07, 6.45) is 0.525. The lowest BCUT2D eigenvalue weighted by Gasteiger charge is -2.32. The van der Waals surface area contributed by atoms with E-state index in [1.54, 1.807) is 6.07 Å². The zero-order valence-corrected chi connectivity index (χ0v) is 12.0. The highest BCUT2D eigenvalue weighted by atomic mass is 35.5. The van der Waals surface area contributed by atoms with Gasteiger partial charge in [0.1, 0.15) is 5.54 Å². The minimum atomic E-state index is -0.966. The summed E-state index contributed by atoms with van der Waals surface area (Å²) >= 11 is 6.16. The minimum Gasteiger partial charge on any atom is -0.367 e. The lowest BCUT2D eigenvalue weighted by Crippen LogP contribution is -2.47. The van der Waals surface area contributed by atoms with Gasteiger partial charge in [-0.15, -0.1) is 0 Å². The van der Waals surface area contributed by atoms with E-state index in [9.17, 15) is 4.79 Å². The highest BCUT2D eigenvalue weighted by Gasteiger charge is 2.37. The Morgan fingerprint density at radius 3 is 2.30 bits per heavy atom. The van der Waals surface area contributed by atoms with Gasteiger partial charge < -0.3 is 11.1 Å². The molecule has 3 nitrogen and oxygen atoms in total. The number of para-hydroxylation sites is 1. The first-order valence-corrected chi connectivity index (χ1v) is 6.86. The first-order valence-electron chi connectivity index (χ1n) is 6.48. The van der Waals surface area contributed by atoms with E-state index in [1.165, 1.54) is 0 Å². The van der Waals surface area contributed by atoms with E-state index in [-0.39, 0.29) is 0 Å². The third kappa shape index (κ3) is 2.63. The molecule has 2 rings (SSSR count). The molecule has 0 fully saturated rings. The molecule has 0 spiro atoms. The number of carbonyl (C=O) groups excluding carboxylic acids is 1. The van der Waals surface area contributed by atoms with Gasteiger partial charge in [0, 0.05) is 0 Å². The van der Waals surface area contributed by atoms with Gasteiger partial charge in [-0.2, -0.15) is 0 Å². The van der Waals surface area contributed by atoms with Crippen molar-refractivity contribution >= 4 is 23.2 Å². The van der Waals surface area contributed by atoms with E-state index >= 15 is 0 Å². The Balaban J connectivity index is 2.49. The van der Waals surface area contributed by atoms with Crippen molar-refractivity contribution in [1.29, 1.82) is 0 Å². The molecule has 2 aromatic carbocycles. The van der Waals surface area contributed by atoms with Crippen LogP contribution in [0.3, 0.4) is 0 Å². The molecule has 0 aliphatic heterocycles. The topological polar surface area (TPSA) is 55.1 Å². The third-order valence-corrected chi connectivity index (χ3v) is 3.77. The van der Waals surface area contributed by atoms with Gasteiger partial charge in [0.2, 0.25) is 5.91 Å². The maximum atomic E-state index is 12.1. The Bertz CT molecular complexity index is 600. The van der Waals surface area contributed by atoms with Crippen molar-refractivity contribution in [2.75, 3.05) is 5.32 Å². The van der Waals surface area contributed by atoms with Crippen LogP contribution in [-0.4, -0.2) is 5.91 Å². The number of halogens is 1. The van der Waals surface area contributed by atoms with Gasteiger partial charge in [-0.05, 0) is 24.1 Å². The molecule has 3 N–H and O–H groups in total. The number of carbonyl (C=O) groups is 1. The van der Waals surface area contributed by atoms with E-state index in [0.717, 1.165) is 5.56 Å². The second kappa shape index (κ2) is 5.97. The molecular formula is C16H17ClN2O. The molecule has 0 aliphatic rings. The van der Waals surface area contributed by atoms with Crippen LogP contribution in [0.2, 0.25) is 5.02 Å². The van der Waals surface area contributed by atoms with Gasteiger partial charge in [0.05, 0.1) is 10.7 Å². The molecule has 0 bridgehead atoms. The molecular weight excluding hydrogens is 272 g/mol. The summed E-state index contributed by atoms with van der Waals surface area (Å²) in [5, 5.41) is 3.78. The van der Waals surface area contributed by atoms with Crippen LogP contribution in [-0.2, 0) is 10.3 Å². The van der Waals surface area contributed by atoms with E-state index < -0.39 is 11.4 Å². The number of hydrogen-bond acceptors (Lipinski definition) is 2. The van der Waals surface area contributed by atoms with E-state index in [4.69, 9.17) is 17.3 Å². The van der Waals surface area contributed by atoms with E-state index in [1.807, 2.05) is 55.5 Å². The van der Waals surface area contributed by atoms with Crippen molar-refractivity contribution in [2.45, 2.75) is 18.9 Å². The molecule has 1 unspecified atom stereocenters. The fourth-order valence-corrected chi connectivity index (χ4v) is 2.44. The SMILES string of the molecule is CCC(Nc1ccccc1Cl)(C(N)=O)c1ccccc1. The quantitative estimate of drug-likeness (QED) is 0.884.